The third-order valence-electron chi connectivity index (χ3n) is 3.63. The number of rotatable bonds is 3. The molecule has 3 rings (SSSR count). The van der Waals surface area contributed by atoms with Crippen LogP contribution < -0.4 is 5.56 Å². The lowest BCUT2D eigenvalue weighted by Gasteiger charge is -2.10. The quantitative estimate of drug-likeness (QED) is 0.740. The van der Waals surface area contributed by atoms with Crippen molar-refractivity contribution in [2.45, 2.75) is 13.5 Å². The first-order chi connectivity index (χ1) is 11.1. The number of nitrogens with zero attached hydrogens (tertiary/aromatic N) is 5. The second-order valence-electron chi connectivity index (χ2n) is 5.37. The van der Waals surface area contributed by atoms with E-state index in [9.17, 15) is 4.79 Å². The highest BCUT2D eigenvalue weighted by molar-refractivity contribution is 5.55. The van der Waals surface area contributed by atoms with Crippen molar-refractivity contribution in [3.05, 3.63) is 70.2 Å². The van der Waals surface area contributed by atoms with Gasteiger partial charge in [-0.15, -0.1) is 0 Å². The lowest BCUT2D eigenvalue weighted by molar-refractivity contribution is 0.795. The first kappa shape index (κ1) is 14.7. The summed E-state index contributed by atoms with van der Waals surface area (Å²) in [5.41, 5.74) is 2.93. The van der Waals surface area contributed by atoms with Crippen LogP contribution in [0.25, 0.3) is 11.4 Å². The third-order valence-corrected chi connectivity index (χ3v) is 3.63. The molecule has 0 N–H and O–H groups in total. The zero-order chi connectivity index (χ0) is 16.4. The van der Waals surface area contributed by atoms with E-state index in [0.29, 0.717) is 17.8 Å². The summed E-state index contributed by atoms with van der Waals surface area (Å²) in [7, 11) is 1.73. The molecule has 0 saturated carbocycles. The van der Waals surface area contributed by atoms with Crippen molar-refractivity contribution in [1.82, 2.24) is 19.1 Å². The Morgan fingerprint density at radius 2 is 2.13 bits per heavy atom. The summed E-state index contributed by atoms with van der Waals surface area (Å²) < 4.78 is 3.55. The lowest BCUT2D eigenvalue weighted by Crippen LogP contribution is -2.18. The van der Waals surface area contributed by atoms with E-state index in [2.05, 4.69) is 9.97 Å². The van der Waals surface area contributed by atoms with Crippen LogP contribution in [0.15, 0.2) is 47.8 Å². The van der Waals surface area contributed by atoms with Gasteiger partial charge >= 0.3 is 0 Å². The fraction of sp³-hybridized carbons (Fsp3) is 0.176. The van der Waals surface area contributed by atoms with Crippen LogP contribution in [-0.4, -0.2) is 19.1 Å². The van der Waals surface area contributed by atoms with Gasteiger partial charge < -0.3 is 9.13 Å². The highest BCUT2D eigenvalue weighted by Gasteiger charge is 2.09. The van der Waals surface area contributed by atoms with Crippen molar-refractivity contribution in [2.24, 2.45) is 7.05 Å². The second kappa shape index (κ2) is 5.89. The zero-order valence-electron chi connectivity index (χ0n) is 12.9. The van der Waals surface area contributed by atoms with Crippen molar-refractivity contribution < 1.29 is 0 Å². The van der Waals surface area contributed by atoms with Crippen LogP contribution >= 0.6 is 0 Å². The van der Waals surface area contributed by atoms with Crippen molar-refractivity contribution in [3.63, 3.8) is 0 Å². The van der Waals surface area contributed by atoms with Gasteiger partial charge in [0.15, 0.2) is 0 Å². The molecule has 0 saturated heterocycles. The normalized spacial score (nSPS) is 10.5. The Morgan fingerprint density at radius 1 is 1.30 bits per heavy atom. The summed E-state index contributed by atoms with van der Waals surface area (Å²) in [5.74, 6) is 0.785. The van der Waals surface area contributed by atoms with Gasteiger partial charge in [-0.1, -0.05) is 6.07 Å². The molecule has 0 aliphatic carbocycles. The fourth-order valence-electron chi connectivity index (χ4n) is 2.48. The van der Waals surface area contributed by atoms with Gasteiger partial charge in [0, 0.05) is 43.0 Å². The van der Waals surface area contributed by atoms with Crippen molar-refractivity contribution >= 4 is 0 Å². The standard InChI is InChI=1S/C17H15N5O/c1-12-7-14(11-21(2)17(12)23)16-19-5-6-22(16)10-13-3-4-15(8-18)20-9-13/h3-7,9,11H,10H2,1-2H3. The molecule has 0 atom stereocenters. The Balaban J connectivity index is 1.96. The first-order valence-electron chi connectivity index (χ1n) is 7.12. The Bertz CT molecular complexity index is 918. The number of aryl methyl sites for hydroxylation is 2. The van der Waals surface area contributed by atoms with Crippen LogP contribution in [0.4, 0.5) is 0 Å². The summed E-state index contributed by atoms with van der Waals surface area (Å²) in [5, 5.41) is 8.80. The molecule has 23 heavy (non-hydrogen) atoms. The molecule has 0 fully saturated rings. The largest absolute Gasteiger partial charge is 0.326 e. The number of nitriles is 1. The Labute approximate surface area is 133 Å². The van der Waals surface area contributed by atoms with Crippen LogP contribution in [-0.2, 0) is 13.6 Å². The van der Waals surface area contributed by atoms with Gasteiger partial charge in [-0.05, 0) is 24.6 Å². The Morgan fingerprint density at radius 3 is 2.78 bits per heavy atom. The topological polar surface area (TPSA) is 76.5 Å². The summed E-state index contributed by atoms with van der Waals surface area (Å²) in [6.07, 6.45) is 7.08. The van der Waals surface area contributed by atoms with E-state index in [0.717, 1.165) is 17.0 Å². The maximum Gasteiger partial charge on any atom is 0.253 e. The second-order valence-corrected chi connectivity index (χ2v) is 5.37. The average molecular weight is 305 g/mol. The number of pyridine rings is 2. The van der Waals surface area contributed by atoms with E-state index in [1.165, 1.54) is 0 Å². The zero-order valence-corrected chi connectivity index (χ0v) is 12.9. The van der Waals surface area contributed by atoms with Crippen molar-refractivity contribution in [1.29, 1.82) is 5.26 Å². The molecule has 0 spiro atoms. The SMILES string of the molecule is Cc1cc(-c2nccn2Cc2ccc(C#N)nc2)cn(C)c1=O. The maximum absolute atomic E-state index is 11.8. The molecule has 0 unspecified atom stereocenters. The van der Waals surface area contributed by atoms with Crippen LogP contribution in [0.2, 0.25) is 0 Å². The average Bonchev–Trinajstić information content (AvgIpc) is 3.01. The van der Waals surface area contributed by atoms with Crippen LogP contribution in [0.1, 0.15) is 16.8 Å². The molecule has 0 amide bonds. The molecule has 0 aliphatic rings. The van der Waals surface area contributed by atoms with E-state index in [4.69, 9.17) is 5.26 Å². The number of imidazole rings is 1. The fourth-order valence-corrected chi connectivity index (χ4v) is 2.48. The van der Waals surface area contributed by atoms with Crippen LogP contribution in [0.3, 0.4) is 0 Å². The van der Waals surface area contributed by atoms with Gasteiger partial charge in [-0.25, -0.2) is 9.97 Å². The van der Waals surface area contributed by atoms with Crippen LogP contribution in [0, 0.1) is 18.3 Å². The molecule has 3 aromatic heterocycles. The Kier molecular flexibility index (Phi) is 3.77. The van der Waals surface area contributed by atoms with Crippen molar-refractivity contribution in [3.8, 4) is 17.5 Å². The van der Waals surface area contributed by atoms with E-state index in [1.807, 2.05) is 29.0 Å². The highest BCUT2D eigenvalue weighted by atomic mass is 16.1. The predicted octanol–water partition coefficient (Wildman–Crippen LogP) is 1.87. The highest BCUT2D eigenvalue weighted by Crippen LogP contribution is 2.18. The molecule has 0 aliphatic heterocycles. The molecule has 6 nitrogen and oxygen atoms in total. The van der Waals surface area contributed by atoms with Gasteiger partial charge in [-0.2, -0.15) is 5.26 Å². The number of hydrogen-bond donors (Lipinski definition) is 0. The monoisotopic (exact) mass is 305 g/mol. The number of hydrogen-bond acceptors (Lipinski definition) is 4. The molecule has 6 heteroatoms. The summed E-state index contributed by atoms with van der Waals surface area (Å²) in [6.45, 7) is 2.39. The summed E-state index contributed by atoms with van der Waals surface area (Å²) in [6, 6.07) is 7.42. The molecule has 3 aromatic rings. The minimum atomic E-state index is -0.0110. The first-order valence-corrected chi connectivity index (χ1v) is 7.12. The summed E-state index contributed by atoms with van der Waals surface area (Å²) >= 11 is 0. The molecule has 3 heterocycles. The third kappa shape index (κ3) is 2.90. The smallest absolute Gasteiger partial charge is 0.253 e. The van der Waals surface area contributed by atoms with E-state index < -0.39 is 0 Å². The lowest BCUT2D eigenvalue weighted by atomic mass is 10.2. The molecule has 114 valence electrons. The Hall–Kier alpha value is -3.20. The molecule has 0 radical (unpaired) electrons. The molecular formula is C17H15N5O. The minimum Gasteiger partial charge on any atom is -0.326 e. The maximum atomic E-state index is 11.8. The van der Waals surface area contributed by atoms with Gasteiger partial charge in [0.2, 0.25) is 0 Å². The number of aromatic nitrogens is 4. The van der Waals surface area contributed by atoms with Gasteiger partial charge in [0.1, 0.15) is 17.6 Å². The minimum absolute atomic E-state index is 0.0110. The van der Waals surface area contributed by atoms with Gasteiger partial charge in [0.05, 0.1) is 6.54 Å². The molecular weight excluding hydrogens is 290 g/mol. The van der Waals surface area contributed by atoms with E-state index in [-0.39, 0.29) is 5.56 Å². The van der Waals surface area contributed by atoms with Gasteiger partial charge in [0.25, 0.3) is 5.56 Å². The molecule has 0 bridgehead atoms. The molecule has 0 aromatic carbocycles. The van der Waals surface area contributed by atoms with E-state index in [1.54, 1.807) is 43.2 Å². The summed E-state index contributed by atoms with van der Waals surface area (Å²) in [4.78, 5) is 20.3. The van der Waals surface area contributed by atoms with Crippen LogP contribution in [0.5, 0.6) is 0 Å². The predicted molar refractivity (Wildman–Crippen MR) is 85.7 cm³/mol. The van der Waals surface area contributed by atoms with E-state index >= 15 is 0 Å². The van der Waals surface area contributed by atoms with Crippen molar-refractivity contribution in [2.75, 3.05) is 0 Å². The van der Waals surface area contributed by atoms with Gasteiger partial charge in [-0.3, -0.25) is 4.79 Å².